The molecule has 21 nitrogen and oxygen atoms in total. The van der Waals surface area contributed by atoms with Crippen LogP contribution in [0.2, 0.25) is 10.0 Å². The number of aryl methyl sites for hydroxylation is 1. The lowest BCUT2D eigenvalue weighted by molar-refractivity contribution is -0.287. The predicted octanol–water partition coefficient (Wildman–Crippen LogP) is 7.83. The number of hydrogen-bond acceptors (Lipinski definition) is 19. The molecule has 3 N–H and O–H groups in total. The third kappa shape index (κ3) is 18.5. The van der Waals surface area contributed by atoms with Crippen molar-refractivity contribution in [2.24, 2.45) is 4.99 Å². The fourth-order valence-electron chi connectivity index (χ4n) is 7.28. The number of fused-ring (bicyclic) bond motifs is 4. The molecule has 2 aromatic carbocycles. The van der Waals surface area contributed by atoms with Crippen molar-refractivity contribution in [2.45, 2.75) is 61.2 Å². The maximum atomic E-state index is 13.1. The summed E-state index contributed by atoms with van der Waals surface area (Å²) < 4.78 is 85.6. The fraction of sp³-hybridized carbons (Fsp3) is 0.404. The maximum Gasteiger partial charge on any atom is 0.373 e. The van der Waals surface area contributed by atoms with E-state index in [1.165, 1.54) is 12.1 Å². The van der Waals surface area contributed by atoms with Crippen LogP contribution in [0, 0.1) is 0 Å². The lowest BCUT2D eigenvalue weighted by atomic mass is 10.1. The number of aromatic nitrogens is 1. The van der Waals surface area contributed by atoms with Gasteiger partial charge in [-0.2, -0.15) is 36.0 Å². The van der Waals surface area contributed by atoms with Gasteiger partial charge in [0.1, 0.15) is 45.1 Å². The van der Waals surface area contributed by atoms with E-state index < -0.39 is 30.0 Å². The molecule has 2 aromatic rings. The van der Waals surface area contributed by atoms with Crippen LogP contribution < -0.4 is 15.4 Å². The summed E-state index contributed by atoms with van der Waals surface area (Å²) in [6.45, 7) is 20.2. The summed E-state index contributed by atoms with van der Waals surface area (Å²) in [5.41, 5.74) is 0.247. The van der Waals surface area contributed by atoms with Crippen LogP contribution >= 0.6 is 23.2 Å². The predicted molar refractivity (Wildman–Crippen MR) is 264 cm³/mol. The topological polar surface area (TPSA) is 280 Å². The van der Waals surface area contributed by atoms with E-state index in [0.717, 1.165) is 38.8 Å². The van der Waals surface area contributed by atoms with Crippen molar-refractivity contribution in [1.29, 1.82) is 0 Å². The summed E-state index contributed by atoms with van der Waals surface area (Å²) in [4.78, 5) is 65.4. The fourth-order valence-corrected chi connectivity index (χ4v) is 9.46. The molecule has 2 heterocycles. The van der Waals surface area contributed by atoms with Crippen molar-refractivity contribution < 1.29 is 73.8 Å². The zero-order chi connectivity index (χ0) is 53.1. The number of unbranched alkanes of at least 4 members (excludes halogenated alkanes) is 2. The van der Waals surface area contributed by atoms with Crippen LogP contribution in [0.25, 0.3) is 22.6 Å². The monoisotopic (exact) mass is 1080 g/mol. The average Bonchev–Trinajstić information content (AvgIpc) is 3.33. The Kier molecular flexibility index (Phi) is 26.9. The Morgan fingerprint density at radius 3 is 1.78 bits per heavy atom. The van der Waals surface area contributed by atoms with Gasteiger partial charge in [-0.3, -0.25) is 14.1 Å². The molecule has 2 aliphatic heterocycles. The third-order valence-corrected chi connectivity index (χ3v) is 12.9. The van der Waals surface area contributed by atoms with Crippen molar-refractivity contribution in [3.63, 3.8) is 0 Å². The van der Waals surface area contributed by atoms with Crippen LogP contribution in [0.1, 0.15) is 50.5 Å². The number of hydrogen-bond donors (Lipinski definition) is 3. The minimum Gasteiger partial charge on any atom is -0.450 e. The Hall–Kier alpha value is -5.46. The highest BCUT2D eigenvalue weighted by molar-refractivity contribution is 7.86. The largest absolute Gasteiger partial charge is 0.450 e. The molecule has 3 aliphatic rings. The Morgan fingerprint density at radius 2 is 1.24 bits per heavy atom. The van der Waals surface area contributed by atoms with Gasteiger partial charge < -0.3 is 24.3 Å². The van der Waals surface area contributed by atoms with Gasteiger partial charge >= 0.3 is 22.4 Å². The van der Waals surface area contributed by atoms with Gasteiger partial charge in [0.05, 0.1) is 30.8 Å². The molecule has 72 heavy (non-hydrogen) atoms. The van der Waals surface area contributed by atoms with E-state index in [-0.39, 0.29) is 105 Å². The number of nitrogens with zero attached hydrogens (tertiary/aromatic N) is 4. The molecule has 0 bridgehead atoms. The van der Waals surface area contributed by atoms with Crippen LogP contribution in [0.15, 0.2) is 94.1 Å². The van der Waals surface area contributed by atoms with Crippen molar-refractivity contribution in [2.75, 3.05) is 77.6 Å². The quantitative estimate of drug-likeness (QED) is 0.00951. The van der Waals surface area contributed by atoms with Crippen LogP contribution in [-0.2, 0) is 65.4 Å². The van der Waals surface area contributed by atoms with Gasteiger partial charge in [0.25, 0.3) is 10.1 Å². The van der Waals surface area contributed by atoms with Gasteiger partial charge in [-0.1, -0.05) is 53.6 Å². The van der Waals surface area contributed by atoms with Crippen molar-refractivity contribution in [3.8, 4) is 23.0 Å². The van der Waals surface area contributed by atoms with Gasteiger partial charge in [-0.05, 0) is 94.8 Å². The van der Waals surface area contributed by atoms with Crippen LogP contribution in [0.5, 0.6) is 11.5 Å². The lowest BCUT2D eigenvalue weighted by Crippen LogP contribution is -2.29. The van der Waals surface area contributed by atoms with E-state index in [1.54, 1.807) is 24.3 Å². The number of rotatable bonds is 31. The Morgan fingerprint density at radius 1 is 0.694 bits per heavy atom. The summed E-state index contributed by atoms with van der Waals surface area (Å²) in [6, 6.07) is 6.02. The summed E-state index contributed by atoms with van der Waals surface area (Å²) in [5.74, 6) is -0.658. The number of ether oxygens (including phenoxy) is 1. The highest BCUT2D eigenvalue weighted by Crippen LogP contribution is 2.54. The van der Waals surface area contributed by atoms with Crippen LogP contribution in [0.4, 0.5) is 11.4 Å². The molecule has 0 saturated heterocycles. The summed E-state index contributed by atoms with van der Waals surface area (Å²) in [5, 5.41) is 2.70. The van der Waals surface area contributed by atoms with E-state index in [0.29, 0.717) is 58.7 Å². The highest BCUT2D eigenvalue weighted by atomic mass is 35.5. The first kappa shape index (κ1) is 60.8. The zero-order valence-corrected chi connectivity index (χ0v) is 42.5. The molecule has 0 radical (unpaired) electrons. The molecular formula is C47H57Cl2N5O16S2. The van der Waals surface area contributed by atoms with Gasteiger partial charge in [0.2, 0.25) is 0 Å². The van der Waals surface area contributed by atoms with Gasteiger partial charge in [0.15, 0.2) is 27.7 Å². The smallest absolute Gasteiger partial charge is 0.373 e. The SMILES string of the molecule is C=CCCCN(CCCC=C)CCN=c1ccc2nc3c(Cl)c4c(c(Cl)c3oc-2c1S(=O)(=O)O)Nc1ccc(CCCN(CCCOOCC=C)CCCOOCC=C)c(S(=O)(=O)O)c1O4.O=C=O.O=C=O. The first-order valence-corrected chi connectivity index (χ1v) is 25.9. The first-order chi connectivity index (χ1) is 34.6. The second-order valence-corrected chi connectivity index (χ2v) is 18.8. The minimum atomic E-state index is -4.93. The van der Waals surface area contributed by atoms with Crippen LogP contribution in [0.3, 0.4) is 0 Å². The average molecular weight is 1080 g/mol. The highest BCUT2D eigenvalue weighted by Gasteiger charge is 2.34. The van der Waals surface area contributed by atoms with E-state index in [4.69, 9.17) is 71.1 Å². The lowest BCUT2D eigenvalue weighted by Gasteiger charge is -2.27. The molecular weight excluding hydrogens is 1030 g/mol. The molecule has 1 aliphatic carbocycles. The molecule has 0 spiro atoms. The van der Waals surface area contributed by atoms with Crippen molar-refractivity contribution in [3.05, 3.63) is 95.9 Å². The van der Waals surface area contributed by atoms with Crippen molar-refractivity contribution in [1.82, 2.24) is 14.8 Å². The molecule has 0 fully saturated rings. The summed E-state index contributed by atoms with van der Waals surface area (Å²) in [6.07, 6.45) is 12.9. The van der Waals surface area contributed by atoms with Crippen molar-refractivity contribution >= 4 is 78.2 Å². The number of nitrogens with one attached hydrogen (secondary N) is 1. The van der Waals surface area contributed by atoms with Gasteiger partial charge in [-0.15, -0.1) is 26.3 Å². The Balaban J connectivity index is 0.00000217. The van der Waals surface area contributed by atoms with E-state index in [9.17, 15) is 25.9 Å². The molecule has 392 valence electrons. The molecule has 0 saturated carbocycles. The number of halogens is 2. The molecule has 0 unspecified atom stereocenters. The third-order valence-electron chi connectivity index (χ3n) is 10.3. The molecule has 25 heteroatoms. The second-order valence-electron chi connectivity index (χ2n) is 15.3. The molecule has 0 aromatic heterocycles. The number of benzene rings is 3. The van der Waals surface area contributed by atoms with Gasteiger partial charge in [0, 0.05) is 19.6 Å². The van der Waals surface area contributed by atoms with Gasteiger partial charge in [-0.25, -0.2) is 24.5 Å². The molecule has 0 atom stereocenters. The first-order valence-electron chi connectivity index (χ1n) is 22.3. The Labute approximate surface area is 427 Å². The number of anilines is 2. The molecule has 5 rings (SSSR count). The number of carbonyl (C=O) groups excluding carboxylic acids is 4. The van der Waals surface area contributed by atoms with Crippen LogP contribution in [-0.4, -0.2) is 125 Å². The Bertz CT molecular complexity index is 2750. The minimum absolute atomic E-state index is 0.0105. The summed E-state index contributed by atoms with van der Waals surface area (Å²) >= 11 is 13.8. The number of allylic oxidation sites excluding steroid dienone is 2. The standard InChI is InChI=1S/C45H57Cl2N5O12S2.2CO2/c1-5-9-11-22-52(23-12-10-6-2)27-21-48-35-20-19-34-41(45(35)66(56,57)58)64-43-37(47)38-42(36(46)39(43)50-34)63-40-33(49-38)18-17-32(44(40)65(53,54)55)16-13-24-51(25-14-30-61-59-28-7-3)26-15-31-62-60-29-8-4;2*2-1-3/h5-8,17-20,49H,1-4,9-16,21-31H2,(H,53,54,55)(H,56,57,58);;. The normalized spacial score (nSPS) is 12.1. The summed E-state index contributed by atoms with van der Waals surface area (Å²) in [7, 11) is -9.82. The van der Waals surface area contributed by atoms with E-state index in [1.807, 2.05) is 12.2 Å². The van der Waals surface area contributed by atoms with E-state index in [2.05, 4.69) is 51.4 Å². The zero-order valence-electron chi connectivity index (χ0n) is 39.4. The molecule has 0 amide bonds. The maximum absolute atomic E-state index is 13.1. The van der Waals surface area contributed by atoms with E-state index >= 15 is 0 Å². The second kappa shape index (κ2) is 31.9.